The summed E-state index contributed by atoms with van der Waals surface area (Å²) >= 11 is 0. The van der Waals surface area contributed by atoms with Crippen molar-refractivity contribution in [3.8, 4) is 11.3 Å². The summed E-state index contributed by atoms with van der Waals surface area (Å²) in [6, 6.07) is 19.1. The molecule has 20 heavy (non-hydrogen) atoms. The lowest BCUT2D eigenvalue weighted by atomic mass is 10.1. The average molecular weight is 277 g/mol. The van der Waals surface area contributed by atoms with Crippen molar-refractivity contribution < 1.29 is 0 Å². The van der Waals surface area contributed by atoms with Crippen LogP contribution in [0.25, 0.3) is 22.0 Å². The van der Waals surface area contributed by atoms with Crippen LogP contribution in [0, 0.1) is 0 Å². The quantitative estimate of drug-likeness (QED) is 0.631. The summed E-state index contributed by atoms with van der Waals surface area (Å²) in [5, 5.41) is 4.06. The Kier molecular flexibility index (Phi) is 3.18. The molecular formula is C18H19NSi. The van der Waals surface area contributed by atoms with Gasteiger partial charge in [0.1, 0.15) is 0 Å². The van der Waals surface area contributed by atoms with E-state index in [1.807, 2.05) is 6.20 Å². The van der Waals surface area contributed by atoms with Crippen molar-refractivity contribution in [3.63, 3.8) is 0 Å². The number of benzene rings is 2. The maximum atomic E-state index is 4.78. The minimum atomic E-state index is -1.49. The van der Waals surface area contributed by atoms with Gasteiger partial charge in [-0.05, 0) is 21.5 Å². The second-order valence-corrected chi connectivity index (χ2v) is 11.2. The zero-order valence-electron chi connectivity index (χ0n) is 12.2. The minimum absolute atomic E-state index is 1.16. The Labute approximate surface area is 121 Å². The molecule has 1 nitrogen and oxygen atoms in total. The predicted octanol–water partition coefficient (Wildman–Crippen LogP) is 4.45. The van der Waals surface area contributed by atoms with Crippen LogP contribution in [0.1, 0.15) is 0 Å². The van der Waals surface area contributed by atoms with E-state index in [-0.39, 0.29) is 0 Å². The molecule has 2 heteroatoms. The van der Waals surface area contributed by atoms with E-state index < -0.39 is 8.07 Å². The normalized spacial score (nSPS) is 11.8. The molecule has 1 aromatic heterocycles. The van der Waals surface area contributed by atoms with E-state index in [1.54, 1.807) is 0 Å². The van der Waals surface area contributed by atoms with Gasteiger partial charge < -0.3 is 0 Å². The SMILES string of the molecule is C[Si](C)(C)c1c(-c2ccccc2)ncc2ccccc12. The third-order valence-corrected chi connectivity index (χ3v) is 5.60. The zero-order chi connectivity index (χ0) is 14.2. The number of rotatable bonds is 2. The van der Waals surface area contributed by atoms with Crippen molar-refractivity contribution >= 4 is 24.0 Å². The van der Waals surface area contributed by atoms with E-state index in [4.69, 9.17) is 4.98 Å². The van der Waals surface area contributed by atoms with Crippen LogP contribution in [-0.2, 0) is 0 Å². The van der Waals surface area contributed by atoms with E-state index in [1.165, 1.54) is 21.5 Å². The van der Waals surface area contributed by atoms with Crippen molar-refractivity contribution in [2.75, 3.05) is 0 Å². The summed E-state index contributed by atoms with van der Waals surface area (Å²) in [5.74, 6) is 0. The molecule has 0 saturated heterocycles. The van der Waals surface area contributed by atoms with Crippen LogP contribution in [0.3, 0.4) is 0 Å². The zero-order valence-corrected chi connectivity index (χ0v) is 13.2. The molecule has 0 radical (unpaired) electrons. The van der Waals surface area contributed by atoms with E-state index in [0.717, 1.165) is 5.69 Å². The van der Waals surface area contributed by atoms with Gasteiger partial charge in [0.15, 0.2) is 0 Å². The highest BCUT2D eigenvalue weighted by Crippen LogP contribution is 2.23. The molecule has 0 amide bonds. The second kappa shape index (κ2) is 4.87. The van der Waals surface area contributed by atoms with Gasteiger partial charge in [-0.3, -0.25) is 4.98 Å². The standard InChI is InChI=1S/C18H19NSi/c1-20(2,3)18-16-12-8-7-11-15(16)13-19-17(18)14-9-5-4-6-10-14/h4-13H,1-3H3. The summed E-state index contributed by atoms with van der Waals surface area (Å²) < 4.78 is 0. The lowest BCUT2D eigenvalue weighted by molar-refractivity contribution is 1.36. The number of aromatic nitrogens is 1. The fourth-order valence-corrected chi connectivity index (χ4v) is 4.69. The topological polar surface area (TPSA) is 12.9 Å². The van der Waals surface area contributed by atoms with Gasteiger partial charge in [-0.2, -0.15) is 0 Å². The summed E-state index contributed by atoms with van der Waals surface area (Å²) in [6.45, 7) is 7.18. The number of pyridine rings is 1. The van der Waals surface area contributed by atoms with Crippen LogP contribution in [0.5, 0.6) is 0 Å². The molecule has 0 aliphatic carbocycles. The largest absolute Gasteiger partial charge is 0.256 e. The van der Waals surface area contributed by atoms with E-state index >= 15 is 0 Å². The van der Waals surface area contributed by atoms with Crippen molar-refractivity contribution in [2.45, 2.75) is 19.6 Å². The van der Waals surface area contributed by atoms with Crippen molar-refractivity contribution in [3.05, 3.63) is 60.8 Å². The number of nitrogens with zero attached hydrogens (tertiary/aromatic N) is 1. The molecule has 0 spiro atoms. The molecule has 0 saturated carbocycles. The highest BCUT2D eigenvalue weighted by Gasteiger charge is 2.24. The number of fused-ring (bicyclic) bond motifs is 1. The molecule has 2 aromatic carbocycles. The smallest absolute Gasteiger partial charge is 0.0812 e. The van der Waals surface area contributed by atoms with Gasteiger partial charge in [0.05, 0.1) is 13.8 Å². The van der Waals surface area contributed by atoms with Gasteiger partial charge in [-0.15, -0.1) is 0 Å². The first kappa shape index (κ1) is 13.1. The van der Waals surface area contributed by atoms with Gasteiger partial charge in [-0.25, -0.2) is 0 Å². The first-order valence-corrected chi connectivity index (χ1v) is 10.5. The van der Waals surface area contributed by atoms with Gasteiger partial charge >= 0.3 is 0 Å². The number of hydrogen-bond acceptors (Lipinski definition) is 1. The maximum absolute atomic E-state index is 4.78. The van der Waals surface area contributed by atoms with Crippen LogP contribution >= 0.6 is 0 Å². The Morgan fingerprint density at radius 2 is 1.45 bits per heavy atom. The first-order chi connectivity index (χ1) is 9.57. The third kappa shape index (κ3) is 2.27. The van der Waals surface area contributed by atoms with Crippen molar-refractivity contribution in [1.29, 1.82) is 0 Å². The van der Waals surface area contributed by atoms with Crippen LogP contribution in [-0.4, -0.2) is 13.1 Å². The Morgan fingerprint density at radius 1 is 0.800 bits per heavy atom. The predicted molar refractivity (Wildman–Crippen MR) is 90.2 cm³/mol. The highest BCUT2D eigenvalue weighted by atomic mass is 28.3. The third-order valence-electron chi connectivity index (χ3n) is 3.60. The minimum Gasteiger partial charge on any atom is -0.256 e. The van der Waals surface area contributed by atoms with Crippen LogP contribution < -0.4 is 5.19 Å². The second-order valence-electron chi connectivity index (χ2n) is 6.19. The molecule has 0 aliphatic rings. The molecule has 0 bridgehead atoms. The Hall–Kier alpha value is -1.93. The van der Waals surface area contributed by atoms with Gasteiger partial charge in [0, 0.05) is 6.20 Å². The highest BCUT2D eigenvalue weighted by molar-refractivity contribution is 6.91. The van der Waals surface area contributed by atoms with Gasteiger partial charge in [0.2, 0.25) is 0 Å². The van der Waals surface area contributed by atoms with Crippen LogP contribution in [0.15, 0.2) is 60.8 Å². The molecule has 0 atom stereocenters. The molecule has 0 N–H and O–H groups in total. The monoisotopic (exact) mass is 277 g/mol. The summed E-state index contributed by atoms with van der Waals surface area (Å²) in [4.78, 5) is 4.78. The molecule has 100 valence electrons. The van der Waals surface area contributed by atoms with Crippen LogP contribution in [0.2, 0.25) is 19.6 Å². The average Bonchev–Trinajstić information content (AvgIpc) is 2.46. The Balaban J connectivity index is 2.38. The lowest BCUT2D eigenvalue weighted by Crippen LogP contribution is -2.40. The molecule has 1 heterocycles. The number of hydrogen-bond donors (Lipinski definition) is 0. The van der Waals surface area contributed by atoms with E-state index in [0.29, 0.717) is 0 Å². The molecular weight excluding hydrogens is 258 g/mol. The molecule has 3 rings (SSSR count). The summed E-state index contributed by atoms with van der Waals surface area (Å²) in [7, 11) is -1.49. The lowest BCUT2D eigenvalue weighted by Gasteiger charge is -2.22. The Bertz CT molecular complexity index is 742. The molecule has 3 aromatic rings. The Morgan fingerprint density at radius 3 is 2.15 bits per heavy atom. The van der Waals surface area contributed by atoms with Crippen LogP contribution in [0.4, 0.5) is 0 Å². The fraction of sp³-hybridized carbons (Fsp3) is 0.167. The van der Waals surface area contributed by atoms with Gasteiger partial charge in [-0.1, -0.05) is 74.2 Å². The fourth-order valence-electron chi connectivity index (χ4n) is 2.74. The molecule has 0 aliphatic heterocycles. The van der Waals surface area contributed by atoms with Crippen molar-refractivity contribution in [1.82, 2.24) is 4.98 Å². The summed E-state index contributed by atoms with van der Waals surface area (Å²) in [6.07, 6.45) is 2.00. The molecule has 0 fully saturated rings. The summed E-state index contributed by atoms with van der Waals surface area (Å²) in [5.41, 5.74) is 2.37. The maximum Gasteiger partial charge on any atom is 0.0812 e. The van der Waals surface area contributed by atoms with E-state index in [9.17, 15) is 0 Å². The first-order valence-electron chi connectivity index (χ1n) is 7.01. The van der Waals surface area contributed by atoms with Crippen molar-refractivity contribution in [2.24, 2.45) is 0 Å². The van der Waals surface area contributed by atoms with Gasteiger partial charge in [0.25, 0.3) is 0 Å². The van der Waals surface area contributed by atoms with E-state index in [2.05, 4.69) is 74.2 Å². The molecule has 0 unspecified atom stereocenters.